The lowest BCUT2D eigenvalue weighted by Crippen LogP contribution is -2.31. The van der Waals surface area contributed by atoms with E-state index >= 15 is 0 Å². The van der Waals surface area contributed by atoms with Crippen LogP contribution in [0.15, 0.2) is 30.9 Å². The van der Waals surface area contributed by atoms with Crippen LogP contribution in [0, 0.1) is 11.6 Å². The first-order valence-electron chi connectivity index (χ1n) is 8.65. The molecular formula is C18H20F2N6. The summed E-state index contributed by atoms with van der Waals surface area (Å²) in [5.74, 6) is -1.10. The van der Waals surface area contributed by atoms with E-state index in [1.807, 2.05) is 19.4 Å². The zero-order valence-corrected chi connectivity index (χ0v) is 14.6. The van der Waals surface area contributed by atoms with Crippen LogP contribution in [0.1, 0.15) is 12.0 Å². The number of anilines is 1. The molecule has 4 rings (SSSR count). The van der Waals surface area contributed by atoms with Crippen molar-refractivity contribution in [3.05, 3.63) is 48.1 Å². The van der Waals surface area contributed by atoms with Gasteiger partial charge in [-0.1, -0.05) is 0 Å². The van der Waals surface area contributed by atoms with Crippen LogP contribution in [0.3, 0.4) is 0 Å². The van der Waals surface area contributed by atoms with Gasteiger partial charge in [-0.2, -0.15) is 5.10 Å². The third-order valence-corrected chi connectivity index (χ3v) is 4.71. The second-order valence-electron chi connectivity index (χ2n) is 6.62. The number of nitrogens with zero attached hydrogens (tertiary/aromatic N) is 6. The van der Waals surface area contributed by atoms with Crippen molar-refractivity contribution in [2.45, 2.75) is 13.0 Å². The highest BCUT2D eigenvalue weighted by Gasteiger charge is 2.19. The predicted molar refractivity (Wildman–Crippen MR) is 94.8 cm³/mol. The van der Waals surface area contributed by atoms with Crippen molar-refractivity contribution in [2.24, 2.45) is 7.05 Å². The van der Waals surface area contributed by atoms with Crippen LogP contribution in [0.2, 0.25) is 0 Å². The van der Waals surface area contributed by atoms with Crippen molar-refractivity contribution in [2.75, 3.05) is 31.1 Å². The molecule has 0 unspecified atom stereocenters. The highest BCUT2D eigenvalue weighted by Crippen LogP contribution is 2.26. The summed E-state index contributed by atoms with van der Waals surface area (Å²) in [6, 6.07) is 2.32. The molecule has 0 saturated carbocycles. The fraction of sp³-hybridized carbons (Fsp3) is 0.389. The van der Waals surface area contributed by atoms with Crippen molar-refractivity contribution in [1.29, 1.82) is 0 Å². The Balaban J connectivity index is 1.54. The van der Waals surface area contributed by atoms with E-state index in [1.165, 1.54) is 18.0 Å². The lowest BCUT2D eigenvalue weighted by Gasteiger charge is -2.23. The average molecular weight is 358 g/mol. The minimum Gasteiger partial charge on any atom is -0.355 e. The Labute approximate surface area is 150 Å². The van der Waals surface area contributed by atoms with Gasteiger partial charge in [0.1, 0.15) is 12.1 Å². The van der Waals surface area contributed by atoms with E-state index in [1.54, 1.807) is 4.68 Å². The molecule has 0 spiro atoms. The van der Waals surface area contributed by atoms with Gasteiger partial charge in [-0.05, 0) is 12.5 Å². The largest absolute Gasteiger partial charge is 0.355 e. The Morgan fingerprint density at radius 1 is 1.04 bits per heavy atom. The van der Waals surface area contributed by atoms with Crippen molar-refractivity contribution < 1.29 is 8.78 Å². The quantitative estimate of drug-likeness (QED) is 0.719. The molecule has 1 aliphatic rings. The van der Waals surface area contributed by atoms with Crippen LogP contribution in [-0.4, -0.2) is 50.8 Å². The van der Waals surface area contributed by atoms with Gasteiger partial charge >= 0.3 is 0 Å². The maximum absolute atomic E-state index is 13.7. The lowest BCUT2D eigenvalue weighted by atomic mass is 10.2. The molecule has 3 aromatic rings. The highest BCUT2D eigenvalue weighted by molar-refractivity contribution is 5.89. The molecule has 0 amide bonds. The molecule has 8 heteroatoms. The Bertz CT molecular complexity index is 925. The van der Waals surface area contributed by atoms with Crippen LogP contribution < -0.4 is 4.90 Å². The van der Waals surface area contributed by atoms with Crippen LogP contribution in [-0.2, 0) is 13.6 Å². The van der Waals surface area contributed by atoms with Crippen molar-refractivity contribution >= 4 is 16.7 Å². The molecule has 0 radical (unpaired) electrons. The minimum atomic E-state index is -0.888. The summed E-state index contributed by atoms with van der Waals surface area (Å²) in [5, 5.41) is 4.76. The summed E-state index contributed by atoms with van der Waals surface area (Å²) in [6.07, 6.45) is 6.29. The van der Waals surface area contributed by atoms with E-state index in [4.69, 9.17) is 0 Å². The fourth-order valence-electron chi connectivity index (χ4n) is 3.44. The first-order chi connectivity index (χ1) is 12.6. The molecule has 0 bridgehead atoms. The standard InChI is InChI=1S/C18H20F2N6/c1-24-10-13(9-23-24)11-25-3-2-4-26(6-5-25)18-14-7-15(19)16(20)8-17(14)21-12-22-18/h7-10,12H,2-6,11H2,1H3. The van der Waals surface area contributed by atoms with E-state index in [9.17, 15) is 8.78 Å². The number of hydrogen-bond donors (Lipinski definition) is 0. The van der Waals surface area contributed by atoms with E-state index < -0.39 is 11.6 Å². The Kier molecular flexibility index (Phi) is 4.50. The highest BCUT2D eigenvalue weighted by atomic mass is 19.2. The van der Waals surface area contributed by atoms with Crippen molar-refractivity contribution in [1.82, 2.24) is 24.6 Å². The molecule has 3 heterocycles. The summed E-state index contributed by atoms with van der Waals surface area (Å²) in [6.45, 7) is 4.27. The van der Waals surface area contributed by atoms with Gasteiger partial charge in [-0.25, -0.2) is 18.7 Å². The van der Waals surface area contributed by atoms with Gasteiger partial charge in [0.25, 0.3) is 0 Å². The summed E-state index contributed by atoms with van der Waals surface area (Å²) in [5.41, 5.74) is 1.61. The molecular weight excluding hydrogens is 338 g/mol. The summed E-state index contributed by atoms with van der Waals surface area (Å²) >= 11 is 0. The number of fused-ring (bicyclic) bond motifs is 1. The first kappa shape index (κ1) is 16.8. The van der Waals surface area contributed by atoms with Gasteiger partial charge in [-0.3, -0.25) is 9.58 Å². The van der Waals surface area contributed by atoms with Crippen LogP contribution >= 0.6 is 0 Å². The Morgan fingerprint density at radius 3 is 2.69 bits per heavy atom. The van der Waals surface area contributed by atoms with Gasteiger partial charge in [0.05, 0.1) is 11.7 Å². The molecule has 1 aliphatic heterocycles. The van der Waals surface area contributed by atoms with Gasteiger partial charge < -0.3 is 4.90 Å². The van der Waals surface area contributed by atoms with Gasteiger partial charge in [0, 0.05) is 63.0 Å². The zero-order chi connectivity index (χ0) is 18.1. The summed E-state index contributed by atoms with van der Waals surface area (Å²) < 4.78 is 29.0. The van der Waals surface area contributed by atoms with E-state index in [-0.39, 0.29) is 0 Å². The maximum atomic E-state index is 13.7. The Morgan fingerprint density at radius 2 is 1.88 bits per heavy atom. The zero-order valence-electron chi connectivity index (χ0n) is 14.6. The van der Waals surface area contributed by atoms with Gasteiger partial charge in [0.2, 0.25) is 0 Å². The molecule has 0 atom stereocenters. The average Bonchev–Trinajstić information content (AvgIpc) is 2.89. The van der Waals surface area contributed by atoms with E-state index in [2.05, 4.69) is 24.9 Å². The number of aryl methyl sites for hydroxylation is 1. The summed E-state index contributed by atoms with van der Waals surface area (Å²) in [7, 11) is 1.91. The second-order valence-corrected chi connectivity index (χ2v) is 6.62. The van der Waals surface area contributed by atoms with Crippen LogP contribution in [0.4, 0.5) is 14.6 Å². The number of rotatable bonds is 3. The predicted octanol–water partition coefficient (Wildman–Crippen LogP) is 2.35. The molecule has 0 aliphatic carbocycles. The molecule has 1 saturated heterocycles. The minimum absolute atomic E-state index is 0.422. The normalized spacial score (nSPS) is 16.2. The van der Waals surface area contributed by atoms with Gasteiger partial charge in [-0.15, -0.1) is 0 Å². The lowest BCUT2D eigenvalue weighted by molar-refractivity contribution is 0.285. The number of aromatic nitrogens is 4. The molecule has 26 heavy (non-hydrogen) atoms. The SMILES string of the molecule is Cn1cc(CN2CCCN(c3ncnc4cc(F)c(F)cc34)CC2)cn1. The molecule has 6 nitrogen and oxygen atoms in total. The topological polar surface area (TPSA) is 50.1 Å². The van der Waals surface area contributed by atoms with Crippen LogP contribution in [0.5, 0.6) is 0 Å². The third-order valence-electron chi connectivity index (χ3n) is 4.71. The van der Waals surface area contributed by atoms with E-state index in [0.717, 1.165) is 45.2 Å². The smallest absolute Gasteiger partial charge is 0.161 e. The van der Waals surface area contributed by atoms with Gasteiger partial charge in [0.15, 0.2) is 11.6 Å². The molecule has 0 N–H and O–H groups in total. The fourth-order valence-corrected chi connectivity index (χ4v) is 3.44. The number of hydrogen-bond acceptors (Lipinski definition) is 5. The second kappa shape index (κ2) is 6.95. The van der Waals surface area contributed by atoms with E-state index in [0.29, 0.717) is 16.7 Å². The number of halogens is 2. The Hall–Kier alpha value is -2.61. The molecule has 2 aromatic heterocycles. The van der Waals surface area contributed by atoms with Crippen LogP contribution in [0.25, 0.3) is 10.9 Å². The number of benzene rings is 1. The molecule has 136 valence electrons. The molecule has 1 fully saturated rings. The van der Waals surface area contributed by atoms with Crippen molar-refractivity contribution in [3.8, 4) is 0 Å². The monoisotopic (exact) mass is 358 g/mol. The maximum Gasteiger partial charge on any atom is 0.161 e. The summed E-state index contributed by atoms with van der Waals surface area (Å²) in [4.78, 5) is 12.9. The molecule has 1 aromatic carbocycles. The third kappa shape index (κ3) is 3.37. The first-order valence-corrected chi connectivity index (χ1v) is 8.65. The van der Waals surface area contributed by atoms with Crippen molar-refractivity contribution in [3.63, 3.8) is 0 Å².